The molecular weight excluding hydrogens is 338 g/mol. The molecule has 0 fully saturated rings. The van der Waals surface area contributed by atoms with Gasteiger partial charge in [-0.3, -0.25) is 14.5 Å². The SMILES string of the molecule is O=C1c2ccccc2C(=O)N1C1CC(c2ccccc2)Oc2ccccc21. The molecule has 5 rings (SSSR count). The van der Waals surface area contributed by atoms with Crippen LogP contribution in [0.1, 0.15) is 50.4 Å². The van der Waals surface area contributed by atoms with Gasteiger partial charge in [0.2, 0.25) is 0 Å². The summed E-state index contributed by atoms with van der Waals surface area (Å²) < 4.78 is 6.21. The molecule has 2 unspecified atom stereocenters. The van der Waals surface area contributed by atoms with E-state index >= 15 is 0 Å². The van der Waals surface area contributed by atoms with Gasteiger partial charge < -0.3 is 4.74 Å². The highest BCUT2D eigenvalue weighted by atomic mass is 16.5. The standard InChI is InChI=1S/C23H17NO3/c25-22-16-10-4-5-11-17(16)23(26)24(22)19-14-21(15-8-2-1-3-9-15)27-20-13-7-6-12-18(19)20/h1-13,19,21H,14H2. The molecule has 0 radical (unpaired) electrons. The Morgan fingerprint density at radius 2 is 1.33 bits per heavy atom. The highest BCUT2D eigenvalue weighted by molar-refractivity contribution is 6.21. The van der Waals surface area contributed by atoms with Crippen molar-refractivity contribution in [2.45, 2.75) is 18.6 Å². The van der Waals surface area contributed by atoms with Crippen LogP contribution >= 0.6 is 0 Å². The molecule has 3 aromatic carbocycles. The third-order valence-electron chi connectivity index (χ3n) is 5.29. The quantitative estimate of drug-likeness (QED) is 0.634. The lowest BCUT2D eigenvalue weighted by molar-refractivity contribution is 0.0478. The molecule has 0 aliphatic carbocycles. The second kappa shape index (κ2) is 6.09. The normalized spacial score (nSPS) is 20.8. The Hall–Kier alpha value is -3.40. The molecule has 0 spiro atoms. The fourth-order valence-electron chi connectivity index (χ4n) is 4.00. The summed E-state index contributed by atoms with van der Waals surface area (Å²) in [6.45, 7) is 0. The van der Waals surface area contributed by atoms with Crippen LogP contribution in [0.2, 0.25) is 0 Å². The number of nitrogens with zero attached hydrogens (tertiary/aromatic N) is 1. The van der Waals surface area contributed by atoms with Gasteiger partial charge in [-0.25, -0.2) is 0 Å². The number of carbonyl (C=O) groups excluding carboxylic acids is 2. The summed E-state index contributed by atoms with van der Waals surface area (Å²) in [6.07, 6.45) is 0.322. The third kappa shape index (κ3) is 2.45. The Morgan fingerprint density at radius 1 is 0.741 bits per heavy atom. The van der Waals surface area contributed by atoms with Crippen LogP contribution in [-0.2, 0) is 0 Å². The van der Waals surface area contributed by atoms with Gasteiger partial charge in [0.25, 0.3) is 11.8 Å². The van der Waals surface area contributed by atoms with E-state index in [0.29, 0.717) is 17.5 Å². The molecule has 0 saturated carbocycles. The molecule has 27 heavy (non-hydrogen) atoms. The summed E-state index contributed by atoms with van der Waals surface area (Å²) in [7, 11) is 0. The molecule has 0 N–H and O–H groups in total. The van der Waals surface area contributed by atoms with Crippen molar-refractivity contribution in [3.63, 3.8) is 0 Å². The van der Waals surface area contributed by atoms with Crippen LogP contribution in [0, 0.1) is 0 Å². The Kier molecular flexibility index (Phi) is 3.57. The first-order valence-electron chi connectivity index (χ1n) is 9.01. The number of ether oxygens (including phenoxy) is 1. The van der Waals surface area contributed by atoms with Crippen LogP contribution < -0.4 is 4.74 Å². The Bertz CT molecular complexity index is 1010. The van der Waals surface area contributed by atoms with Crippen molar-refractivity contribution in [2.24, 2.45) is 0 Å². The highest BCUT2D eigenvalue weighted by Crippen LogP contribution is 2.45. The number of fused-ring (bicyclic) bond motifs is 2. The fourth-order valence-corrected chi connectivity index (χ4v) is 4.00. The van der Waals surface area contributed by atoms with Gasteiger partial charge in [0.05, 0.1) is 17.2 Å². The van der Waals surface area contributed by atoms with Crippen molar-refractivity contribution in [1.29, 1.82) is 0 Å². The molecule has 2 aliphatic rings. The van der Waals surface area contributed by atoms with Crippen molar-refractivity contribution >= 4 is 11.8 Å². The highest BCUT2D eigenvalue weighted by Gasteiger charge is 2.44. The number of amides is 2. The number of hydrogen-bond donors (Lipinski definition) is 0. The predicted octanol–water partition coefficient (Wildman–Crippen LogP) is 4.55. The maximum absolute atomic E-state index is 13.0. The average Bonchev–Trinajstić information content (AvgIpc) is 2.98. The molecule has 4 heteroatoms. The van der Waals surface area contributed by atoms with E-state index in [-0.39, 0.29) is 24.0 Å². The van der Waals surface area contributed by atoms with Gasteiger partial charge in [0.15, 0.2) is 0 Å². The van der Waals surface area contributed by atoms with E-state index in [9.17, 15) is 9.59 Å². The lowest BCUT2D eigenvalue weighted by Crippen LogP contribution is -2.37. The summed E-state index contributed by atoms with van der Waals surface area (Å²) in [5.41, 5.74) is 2.86. The maximum atomic E-state index is 13.0. The van der Waals surface area contributed by atoms with E-state index in [0.717, 1.165) is 16.9 Å². The molecule has 2 aliphatic heterocycles. The zero-order chi connectivity index (χ0) is 18.4. The molecule has 0 saturated heterocycles. The van der Waals surface area contributed by atoms with E-state index in [1.807, 2.05) is 54.6 Å². The van der Waals surface area contributed by atoms with E-state index in [2.05, 4.69) is 0 Å². The first-order valence-corrected chi connectivity index (χ1v) is 9.01. The molecule has 0 aromatic heterocycles. The molecule has 132 valence electrons. The zero-order valence-corrected chi connectivity index (χ0v) is 14.5. The minimum atomic E-state index is -0.354. The second-order valence-electron chi connectivity index (χ2n) is 6.83. The van der Waals surface area contributed by atoms with Crippen molar-refractivity contribution in [1.82, 2.24) is 4.90 Å². The molecule has 3 aromatic rings. The number of benzene rings is 3. The van der Waals surface area contributed by atoms with Gasteiger partial charge in [0, 0.05) is 12.0 Å². The first kappa shape index (κ1) is 15.8. The van der Waals surface area contributed by atoms with Crippen LogP contribution in [0.25, 0.3) is 0 Å². The van der Waals surface area contributed by atoms with Crippen molar-refractivity contribution < 1.29 is 14.3 Å². The van der Waals surface area contributed by atoms with Gasteiger partial charge in [-0.1, -0.05) is 60.7 Å². The van der Waals surface area contributed by atoms with Crippen LogP contribution in [0.3, 0.4) is 0 Å². The zero-order valence-electron chi connectivity index (χ0n) is 14.5. The van der Waals surface area contributed by atoms with Gasteiger partial charge in [-0.15, -0.1) is 0 Å². The van der Waals surface area contributed by atoms with Gasteiger partial charge in [-0.05, 0) is 23.8 Å². The minimum absolute atomic E-state index is 0.213. The third-order valence-corrected chi connectivity index (χ3v) is 5.29. The van der Waals surface area contributed by atoms with Gasteiger partial charge in [0.1, 0.15) is 11.9 Å². The minimum Gasteiger partial charge on any atom is -0.485 e. The van der Waals surface area contributed by atoms with Crippen molar-refractivity contribution in [3.8, 4) is 5.75 Å². The number of carbonyl (C=O) groups is 2. The Balaban J connectivity index is 1.59. The van der Waals surface area contributed by atoms with Gasteiger partial charge >= 0.3 is 0 Å². The molecule has 2 amide bonds. The molecule has 2 atom stereocenters. The summed E-state index contributed by atoms with van der Waals surface area (Å²) in [5.74, 6) is 0.257. The molecular formula is C23H17NO3. The summed E-state index contributed by atoms with van der Waals surface area (Å²) >= 11 is 0. The molecule has 2 heterocycles. The van der Waals surface area contributed by atoms with Crippen molar-refractivity contribution in [3.05, 3.63) is 101 Å². The molecule has 4 nitrogen and oxygen atoms in total. The topological polar surface area (TPSA) is 46.6 Å². The smallest absolute Gasteiger partial charge is 0.262 e. The Labute approximate surface area is 157 Å². The largest absolute Gasteiger partial charge is 0.485 e. The number of hydrogen-bond acceptors (Lipinski definition) is 3. The van der Waals surface area contributed by atoms with E-state index < -0.39 is 0 Å². The lowest BCUT2D eigenvalue weighted by atomic mass is 9.92. The van der Waals surface area contributed by atoms with Crippen LogP contribution in [0.5, 0.6) is 5.75 Å². The summed E-state index contributed by atoms with van der Waals surface area (Å²) in [5, 5.41) is 0. The Morgan fingerprint density at radius 3 is 2.04 bits per heavy atom. The predicted molar refractivity (Wildman–Crippen MR) is 101 cm³/mol. The van der Waals surface area contributed by atoms with Crippen LogP contribution in [0.4, 0.5) is 0 Å². The summed E-state index contributed by atoms with van der Waals surface area (Å²) in [6, 6.07) is 24.2. The first-order chi connectivity index (χ1) is 13.2. The number of imide groups is 1. The maximum Gasteiger partial charge on any atom is 0.262 e. The fraction of sp³-hybridized carbons (Fsp3) is 0.130. The number of rotatable bonds is 2. The molecule has 0 bridgehead atoms. The number of para-hydroxylation sites is 1. The van der Waals surface area contributed by atoms with E-state index in [4.69, 9.17) is 4.74 Å². The van der Waals surface area contributed by atoms with Crippen molar-refractivity contribution in [2.75, 3.05) is 0 Å². The lowest BCUT2D eigenvalue weighted by Gasteiger charge is -2.36. The van der Waals surface area contributed by atoms with E-state index in [1.54, 1.807) is 24.3 Å². The monoisotopic (exact) mass is 355 g/mol. The average molecular weight is 355 g/mol. The summed E-state index contributed by atoms with van der Waals surface area (Å²) in [4.78, 5) is 27.5. The second-order valence-corrected chi connectivity index (χ2v) is 6.83. The van der Waals surface area contributed by atoms with Crippen LogP contribution in [-0.4, -0.2) is 16.7 Å². The van der Waals surface area contributed by atoms with E-state index in [1.165, 1.54) is 4.90 Å². The van der Waals surface area contributed by atoms with Crippen LogP contribution in [0.15, 0.2) is 78.9 Å². The van der Waals surface area contributed by atoms with Gasteiger partial charge in [-0.2, -0.15) is 0 Å².